The Hall–Kier alpha value is -2.63. The van der Waals surface area contributed by atoms with Crippen LogP contribution in [0.5, 0.6) is 0 Å². The van der Waals surface area contributed by atoms with E-state index < -0.39 is 18.5 Å². The number of carbonyl (C=O) groups is 2. The molecule has 1 aromatic carbocycles. The Bertz CT molecular complexity index is 640. The molecule has 2 amide bonds. The second-order valence-electron chi connectivity index (χ2n) is 4.03. The predicted molar refractivity (Wildman–Crippen MR) is 71.1 cm³/mol. The number of fused-ring (bicyclic) bond motifs is 1. The molecule has 6 nitrogen and oxygen atoms in total. The molecule has 19 heavy (non-hydrogen) atoms. The molecule has 3 N–H and O–H groups in total. The number of pyridine rings is 1. The molecular weight excluding hydrogens is 246 g/mol. The fourth-order valence-electron chi connectivity index (χ4n) is 1.67. The second kappa shape index (κ2) is 5.34. The number of aryl methyl sites for hydroxylation is 1. The molecule has 2 aromatic rings. The van der Waals surface area contributed by atoms with Crippen LogP contribution >= 0.6 is 0 Å². The van der Waals surface area contributed by atoms with Crippen molar-refractivity contribution in [3.05, 3.63) is 36.0 Å². The van der Waals surface area contributed by atoms with Gasteiger partial charge in [-0.2, -0.15) is 0 Å². The summed E-state index contributed by atoms with van der Waals surface area (Å²) in [5.41, 5.74) is 2.06. The van der Waals surface area contributed by atoms with Crippen molar-refractivity contribution in [1.82, 2.24) is 10.3 Å². The number of carboxylic acids is 1. The van der Waals surface area contributed by atoms with E-state index in [4.69, 9.17) is 5.11 Å². The van der Waals surface area contributed by atoms with Crippen molar-refractivity contribution in [1.29, 1.82) is 0 Å². The van der Waals surface area contributed by atoms with Gasteiger partial charge in [-0.1, -0.05) is 18.2 Å². The largest absolute Gasteiger partial charge is 0.480 e. The molecule has 0 aliphatic heterocycles. The zero-order valence-electron chi connectivity index (χ0n) is 10.3. The lowest BCUT2D eigenvalue weighted by Gasteiger charge is -2.09. The van der Waals surface area contributed by atoms with Gasteiger partial charge in [-0.15, -0.1) is 0 Å². The van der Waals surface area contributed by atoms with Gasteiger partial charge in [-0.25, -0.2) is 4.79 Å². The minimum atomic E-state index is -1.10. The maximum Gasteiger partial charge on any atom is 0.323 e. The Morgan fingerprint density at radius 2 is 2.05 bits per heavy atom. The molecule has 0 saturated heterocycles. The molecule has 2 rings (SSSR count). The zero-order valence-corrected chi connectivity index (χ0v) is 10.3. The number of carbonyl (C=O) groups excluding carboxylic acids is 1. The molecule has 1 heterocycles. The van der Waals surface area contributed by atoms with E-state index in [2.05, 4.69) is 15.6 Å². The zero-order chi connectivity index (χ0) is 13.8. The molecule has 6 heteroatoms. The number of nitrogens with zero attached hydrogens (tertiary/aromatic N) is 1. The van der Waals surface area contributed by atoms with Gasteiger partial charge in [0.15, 0.2) is 0 Å². The molecular formula is C13H13N3O3. The van der Waals surface area contributed by atoms with Gasteiger partial charge in [0.05, 0.1) is 11.2 Å². The van der Waals surface area contributed by atoms with E-state index >= 15 is 0 Å². The van der Waals surface area contributed by atoms with Crippen molar-refractivity contribution < 1.29 is 14.7 Å². The molecule has 0 aliphatic rings. The molecule has 0 unspecified atom stereocenters. The summed E-state index contributed by atoms with van der Waals surface area (Å²) in [7, 11) is 0. The summed E-state index contributed by atoms with van der Waals surface area (Å²) in [6.07, 6.45) is 0. The number of hydrogen-bond acceptors (Lipinski definition) is 3. The predicted octanol–water partition coefficient (Wildman–Crippen LogP) is 1.75. The van der Waals surface area contributed by atoms with Crippen molar-refractivity contribution in [2.75, 3.05) is 11.9 Å². The molecule has 1 aromatic heterocycles. The average Bonchev–Trinajstić information content (AvgIpc) is 2.37. The highest BCUT2D eigenvalue weighted by atomic mass is 16.4. The Balaban J connectivity index is 2.22. The molecule has 0 radical (unpaired) electrons. The molecule has 0 aliphatic carbocycles. The lowest BCUT2D eigenvalue weighted by molar-refractivity contribution is -0.135. The summed E-state index contributed by atoms with van der Waals surface area (Å²) >= 11 is 0. The first-order valence-corrected chi connectivity index (χ1v) is 5.69. The Labute approximate surface area is 109 Å². The number of para-hydroxylation sites is 1. The summed E-state index contributed by atoms with van der Waals surface area (Å²) in [4.78, 5) is 26.3. The van der Waals surface area contributed by atoms with Crippen LogP contribution in [0.15, 0.2) is 30.3 Å². The molecule has 0 bridgehead atoms. The Morgan fingerprint density at radius 1 is 1.26 bits per heavy atom. The van der Waals surface area contributed by atoms with Gasteiger partial charge >= 0.3 is 12.0 Å². The van der Waals surface area contributed by atoms with E-state index in [1.165, 1.54) is 0 Å². The Kier molecular flexibility index (Phi) is 3.61. The van der Waals surface area contributed by atoms with Crippen LogP contribution in [0.4, 0.5) is 10.5 Å². The standard InChI is InChI=1S/C13H13N3O3/c1-8-5-6-9-3-2-4-10(12(9)15-8)16-13(19)14-7-11(17)18/h2-6H,7H2,1H3,(H,17,18)(H2,14,16,19). The molecule has 0 atom stereocenters. The average molecular weight is 259 g/mol. The van der Waals surface area contributed by atoms with Crippen molar-refractivity contribution >= 4 is 28.6 Å². The third-order valence-corrected chi connectivity index (χ3v) is 2.51. The van der Waals surface area contributed by atoms with Gasteiger partial charge in [0.25, 0.3) is 0 Å². The maximum atomic E-state index is 11.5. The van der Waals surface area contributed by atoms with E-state index in [9.17, 15) is 9.59 Å². The smallest absolute Gasteiger partial charge is 0.323 e. The van der Waals surface area contributed by atoms with Gasteiger partial charge in [0, 0.05) is 11.1 Å². The van der Waals surface area contributed by atoms with Crippen molar-refractivity contribution in [3.63, 3.8) is 0 Å². The lowest BCUT2D eigenvalue weighted by Crippen LogP contribution is -2.33. The van der Waals surface area contributed by atoms with Crippen molar-refractivity contribution in [3.8, 4) is 0 Å². The van der Waals surface area contributed by atoms with Gasteiger partial charge in [0.1, 0.15) is 6.54 Å². The van der Waals surface area contributed by atoms with E-state index in [-0.39, 0.29) is 0 Å². The van der Waals surface area contributed by atoms with Crippen molar-refractivity contribution in [2.24, 2.45) is 0 Å². The lowest BCUT2D eigenvalue weighted by atomic mass is 10.2. The monoisotopic (exact) mass is 259 g/mol. The van der Waals surface area contributed by atoms with E-state index in [1.54, 1.807) is 12.1 Å². The van der Waals surface area contributed by atoms with E-state index in [0.717, 1.165) is 11.1 Å². The minimum Gasteiger partial charge on any atom is -0.480 e. The van der Waals surface area contributed by atoms with Crippen LogP contribution < -0.4 is 10.6 Å². The first kappa shape index (κ1) is 12.8. The topological polar surface area (TPSA) is 91.3 Å². The summed E-state index contributed by atoms with van der Waals surface area (Å²) < 4.78 is 0. The quantitative estimate of drug-likeness (QED) is 0.783. The van der Waals surface area contributed by atoms with Gasteiger partial charge in [-0.3, -0.25) is 9.78 Å². The highest BCUT2D eigenvalue weighted by Crippen LogP contribution is 2.21. The van der Waals surface area contributed by atoms with Gasteiger partial charge < -0.3 is 15.7 Å². The number of urea groups is 1. The fourth-order valence-corrected chi connectivity index (χ4v) is 1.67. The highest BCUT2D eigenvalue weighted by Gasteiger charge is 2.07. The van der Waals surface area contributed by atoms with Crippen LogP contribution in [0, 0.1) is 6.92 Å². The van der Waals surface area contributed by atoms with Gasteiger partial charge in [-0.05, 0) is 19.1 Å². The summed E-state index contributed by atoms with van der Waals surface area (Å²) in [5.74, 6) is -1.10. The number of benzene rings is 1. The third-order valence-electron chi connectivity index (χ3n) is 2.51. The maximum absolute atomic E-state index is 11.5. The van der Waals surface area contributed by atoms with Crippen LogP contribution in [0.25, 0.3) is 10.9 Å². The first-order chi connectivity index (χ1) is 9.06. The number of anilines is 1. The summed E-state index contributed by atoms with van der Waals surface area (Å²) in [5, 5.41) is 14.2. The van der Waals surface area contributed by atoms with Crippen LogP contribution in [0.2, 0.25) is 0 Å². The molecule has 0 saturated carbocycles. The van der Waals surface area contributed by atoms with Crippen LogP contribution in [0.3, 0.4) is 0 Å². The van der Waals surface area contributed by atoms with Crippen LogP contribution in [-0.2, 0) is 4.79 Å². The SMILES string of the molecule is Cc1ccc2cccc(NC(=O)NCC(=O)O)c2n1. The number of amides is 2. The number of rotatable bonds is 3. The second-order valence-corrected chi connectivity index (χ2v) is 4.03. The van der Waals surface area contributed by atoms with E-state index in [0.29, 0.717) is 11.2 Å². The number of hydrogen-bond donors (Lipinski definition) is 3. The van der Waals surface area contributed by atoms with E-state index in [1.807, 2.05) is 25.1 Å². The minimum absolute atomic E-state index is 0.428. The van der Waals surface area contributed by atoms with Gasteiger partial charge in [0.2, 0.25) is 0 Å². The fraction of sp³-hybridized carbons (Fsp3) is 0.154. The highest BCUT2D eigenvalue weighted by molar-refractivity contribution is 6.00. The number of nitrogens with one attached hydrogen (secondary N) is 2. The normalized spacial score (nSPS) is 10.2. The summed E-state index contributed by atoms with van der Waals surface area (Å²) in [6, 6.07) is 8.64. The Morgan fingerprint density at radius 3 is 2.79 bits per heavy atom. The molecule has 98 valence electrons. The summed E-state index contributed by atoms with van der Waals surface area (Å²) in [6.45, 7) is 1.43. The van der Waals surface area contributed by atoms with Crippen LogP contribution in [0.1, 0.15) is 5.69 Å². The molecule has 0 spiro atoms. The number of carboxylic acid groups (broad SMARTS) is 1. The molecule has 0 fully saturated rings. The third kappa shape index (κ3) is 3.19. The first-order valence-electron chi connectivity index (χ1n) is 5.69. The number of aromatic nitrogens is 1. The van der Waals surface area contributed by atoms with Crippen molar-refractivity contribution in [2.45, 2.75) is 6.92 Å². The van der Waals surface area contributed by atoms with Crippen LogP contribution in [-0.4, -0.2) is 28.6 Å². The number of aliphatic carboxylic acids is 1.